The zero-order valence-electron chi connectivity index (χ0n) is 42.6. The first kappa shape index (κ1) is 44.5. The topological polar surface area (TPSA) is 48.5 Å². The summed E-state index contributed by atoms with van der Waals surface area (Å²) in [5, 5.41) is 4.86. The third kappa shape index (κ3) is 7.34. The number of hydrogen-bond acceptors (Lipinski definition) is 3. The minimum absolute atomic E-state index is 0.109. The molecule has 0 bridgehead atoms. The average Bonchev–Trinajstić information content (AvgIpc) is 4.13. The van der Waals surface area contributed by atoms with Crippen LogP contribution in [0.25, 0.3) is 134 Å². The Hall–Kier alpha value is -9.97. The molecule has 362 valence electrons. The zero-order chi connectivity index (χ0) is 51.2. The summed E-state index contributed by atoms with van der Waals surface area (Å²) < 4.78 is 4.86. The Morgan fingerprint density at radius 1 is 0.260 bits per heavy atom. The summed E-state index contributed by atoms with van der Waals surface area (Å²) in [6, 6.07) is 94.0. The number of fused-ring (bicyclic) bond motifs is 9. The Morgan fingerprint density at radius 3 is 1.22 bits per heavy atom. The minimum Gasteiger partial charge on any atom is -0.309 e. The summed E-state index contributed by atoms with van der Waals surface area (Å²) in [6.07, 6.45) is 0. The maximum atomic E-state index is 5.24. The molecule has 0 fully saturated rings. The van der Waals surface area contributed by atoms with Crippen LogP contribution in [0.2, 0.25) is 0 Å². The lowest BCUT2D eigenvalue weighted by Crippen LogP contribution is -2.15. The van der Waals surface area contributed by atoms with E-state index in [1.165, 1.54) is 60.5 Å². The predicted octanol–water partition coefficient (Wildman–Crippen LogP) is 18.4. The van der Waals surface area contributed by atoms with E-state index in [0.29, 0.717) is 17.5 Å². The van der Waals surface area contributed by atoms with Gasteiger partial charge in [0.15, 0.2) is 17.5 Å². The van der Waals surface area contributed by atoms with Crippen molar-refractivity contribution in [1.29, 1.82) is 0 Å². The van der Waals surface area contributed by atoms with Crippen molar-refractivity contribution in [1.82, 2.24) is 24.1 Å². The van der Waals surface area contributed by atoms with E-state index in [9.17, 15) is 0 Å². The highest BCUT2D eigenvalue weighted by Gasteiger charge is 2.35. The normalized spacial score (nSPS) is 12.6. The molecule has 0 atom stereocenters. The van der Waals surface area contributed by atoms with Crippen LogP contribution in [-0.2, 0) is 5.41 Å². The smallest absolute Gasteiger partial charge is 0.164 e. The second-order valence-electron chi connectivity index (χ2n) is 20.8. The molecule has 11 aromatic carbocycles. The number of benzene rings is 11. The molecule has 0 aliphatic heterocycles. The molecule has 0 N–H and O–H groups in total. The van der Waals surface area contributed by atoms with Crippen molar-refractivity contribution in [3.63, 3.8) is 0 Å². The maximum Gasteiger partial charge on any atom is 0.164 e. The van der Waals surface area contributed by atoms with Crippen molar-refractivity contribution in [2.75, 3.05) is 0 Å². The van der Waals surface area contributed by atoms with Gasteiger partial charge in [0.05, 0.1) is 22.1 Å². The molecule has 0 amide bonds. The van der Waals surface area contributed by atoms with Gasteiger partial charge in [0.2, 0.25) is 0 Å². The molecule has 14 aromatic rings. The van der Waals surface area contributed by atoms with Crippen molar-refractivity contribution in [2.24, 2.45) is 0 Å². The maximum absolute atomic E-state index is 5.24. The Bertz CT molecular complexity index is 4520. The first-order valence-electron chi connectivity index (χ1n) is 26.4. The lowest BCUT2D eigenvalue weighted by atomic mass is 9.82. The van der Waals surface area contributed by atoms with Gasteiger partial charge in [0.1, 0.15) is 0 Å². The molecule has 1 aliphatic carbocycles. The first-order chi connectivity index (χ1) is 37.9. The van der Waals surface area contributed by atoms with E-state index >= 15 is 0 Å². The van der Waals surface area contributed by atoms with E-state index in [-0.39, 0.29) is 5.41 Å². The molecular formula is C72H49N5. The summed E-state index contributed by atoms with van der Waals surface area (Å²) in [7, 11) is 0. The van der Waals surface area contributed by atoms with E-state index in [4.69, 9.17) is 15.0 Å². The van der Waals surface area contributed by atoms with E-state index in [1.807, 2.05) is 12.1 Å². The van der Waals surface area contributed by atoms with E-state index in [0.717, 1.165) is 66.8 Å². The number of para-hydroxylation sites is 2. The molecule has 3 aromatic heterocycles. The van der Waals surface area contributed by atoms with Gasteiger partial charge in [0.25, 0.3) is 0 Å². The SMILES string of the molecule is CC1(C)c2ccccc2-c2ccc(-n3c4ccccc4c4ccc(-c5ccc6c7ccccc7n(-c7cccc(-c8nc(-c9ccc(-c%10ccccc%10)cc9)nc(-c9ccc(-c%10ccccc%10)cc9)n8)c7)c6c5)cc43)cc21. The lowest BCUT2D eigenvalue weighted by molar-refractivity contribution is 0.660. The van der Waals surface area contributed by atoms with Gasteiger partial charge in [-0.1, -0.05) is 226 Å². The van der Waals surface area contributed by atoms with Crippen molar-refractivity contribution in [2.45, 2.75) is 19.3 Å². The molecule has 0 saturated carbocycles. The van der Waals surface area contributed by atoms with E-state index in [2.05, 4.69) is 272 Å². The monoisotopic (exact) mass is 983 g/mol. The second-order valence-corrected chi connectivity index (χ2v) is 20.8. The van der Waals surface area contributed by atoms with Crippen LogP contribution >= 0.6 is 0 Å². The predicted molar refractivity (Wildman–Crippen MR) is 319 cm³/mol. The standard InChI is InChI=1S/C72H49N5/c1-72(2)63-25-12-9-22-57(63)58-41-38-56(45-64(58)72)77-66-27-14-11-24-60(66)62-40-37-53(44-68(62)77)52-36-39-61-59-23-10-13-26-65(59)76(67(61)43-52)55-21-15-20-54(42-55)71-74-69(50-32-28-48(29-33-50)46-16-5-3-6-17-46)73-70(75-71)51-34-30-49(31-35-51)47-18-7-4-8-19-47/h3-45H,1-2H3. The van der Waals surface area contributed by atoms with Gasteiger partial charge in [-0.3, -0.25) is 0 Å². The fraction of sp³-hybridized carbons (Fsp3) is 0.0417. The molecule has 5 nitrogen and oxygen atoms in total. The Morgan fingerprint density at radius 2 is 0.662 bits per heavy atom. The van der Waals surface area contributed by atoms with Crippen LogP contribution in [0, 0.1) is 0 Å². The van der Waals surface area contributed by atoms with E-state index in [1.54, 1.807) is 0 Å². The molecule has 0 radical (unpaired) electrons. The van der Waals surface area contributed by atoms with Gasteiger partial charge in [-0.05, 0) is 104 Å². The number of nitrogens with zero attached hydrogens (tertiary/aromatic N) is 5. The summed E-state index contributed by atoms with van der Waals surface area (Å²) in [5.41, 5.74) is 21.7. The van der Waals surface area contributed by atoms with Crippen LogP contribution in [0.1, 0.15) is 25.0 Å². The van der Waals surface area contributed by atoms with Gasteiger partial charge in [0, 0.05) is 55.0 Å². The molecule has 1 aliphatic rings. The number of hydrogen-bond donors (Lipinski definition) is 0. The fourth-order valence-electron chi connectivity index (χ4n) is 12.1. The summed E-state index contributed by atoms with van der Waals surface area (Å²) in [4.78, 5) is 15.6. The molecule has 0 unspecified atom stereocenters. The highest BCUT2D eigenvalue weighted by Crippen LogP contribution is 2.50. The largest absolute Gasteiger partial charge is 0.309 e. The molecular weight excluding hydrogens is 935 g/mol. The van der Waals surface area contributed by atoms with Gasteiger partial charge >= 0.3 is 0 Å². The van der Waals surface area contributed by atoms with Gasteiger partial charge in [-0.15, -0.1) is 0 Å². The zero-order valence-corrected chi connectivity index (χ0v) is 42.6. The molecule has 77 heavy (non-hydrogen) atoms. The fourth-order valence-corrected chi connectivity index (χ4v) is 12.1. The first-order valence-corrected chi connectivity index (χ1v) is 26.4. The highest BCUT2D eigenvalue weighted by atomic mass is 15.0. The van der Waals surface area contributed by atoms with Gasteiger partial charge in [-0.2, -0.15) is 0 Å². The summed E-state index contributed by atoms with van der Waals surface area (Å²) >= 11 is 0. The minimum atomic E-state index is -0.109. The van der Waals surface area contributed by atoms with Crippen LogP contribution in [0.15, 0.2) is 261 Å². The van der Waals surface area contributed by atoms with Crippen LogP contribution in [0.5, 0.6) is 0 Å². The number of rotatable bonds is 8. The Kier molecular flexibility index (Phi) is 10.2. The van der Waals surface area contributed by atoms with Crippen LogP contribution < -0.4 is 0 Å². The number of aromatic nitrogens is 5. The lowest BCUT2D eigenvalue weighted by Gasteiger charge is -2.22. The van der Waals surface area contributed by atoms with Crippen LogP contribution in [0.3, 0.4) is 0 Å². The Labute approximate surface area is 446 Å². The molecule has 0 spiro atoms. The van der Waals surface area contributed by atoms with Crippen molar-refractivity contribution < 1.29 is 0 Å². The third-order valence-corrected chi connectivity index (χ3v) is 16.0. The average molecular weight is 984 g/mol. The third-order valence-electron chi connectivity index (χ3n) is 16.0. The van der Waals surface area contributed by atoms with Crippen LogP contribution in [-0.4, -0.2) is 24.1 Å². The van der Waals surface area contributed by atoms with Gasteiger partial charge < -0.3 is 9.13 Å². The molecule has 0 saturated heterocycles. The highest BCUT2D eigenvalue weighted by molar-refractivity contribution is 6.12. The van der Waals surface area contributed by atoms with Crippen LogP contribution in [0.4, 0.5) is 0 Å². The van der Waals surface area contributed by atoms with Crippen molar-refractivity contribution in [3.05, 3.63) is 272 Å². The summed E-state index contributed by atoms with van der Waals surface area (Å²) in [5.74, 6) is 1.84. The molecule has 5 heteroatoms. The van der Waals surface area contributed by atoms with Crippen molar-refractivity contribution >= 4 is 43.6 Å². The second kappa shape index (κ2) is 17.6. The van der Waals surface area contributed by atoms with Crippen molar-refractivity contribution in [3.8, 4) is 90.0 Å². The van der Waals surface area contributed by atoms with E-state index < -0.39 is 0 Å². The molecule has 15 rings (SSSR count). The molecule has 3 heterocycles. The summed E-state index contributed by atoms with van der Waals surface area (Å²) in [6.45, 7) is 4.71. The van der Waals surface area contributed by atoms with Gasteiger partial charge in [-0.25, -0.2) is 15.0 Å². The quantitative estimate of drug-likeness (QED) is 0.152. The Balaban J connectivity index is 0.853.